The van der Waals surface area contributed by atoms with Crippen LogP contribution in [0, 0.1) is 5.41 Å². The molecule has 0 N–H and O–H groups in total. The highest BCUT2D eigenvalue weighted by Gasteiger charge is 2.31. The van der Waals surface area contributed by atoms with Crippen molar-refractivity contribution in [3.8, 4) is 45.4 Å². The minimum absolute atomic E-state index is 0.212. The molecular weight excluding hydrogens is 574 g/mol. The van der Waals surface area contributed by atoms with E-state index in [0.29, 0.717) is 23.3 Å². The minimum Gasteiger partial charge on any atom is -0.228 e. The van der Waals surface area contributed by atoms with Gasteiger partial charge in [-0.2, -0.15) is 0 Å². The van der Waals surface area contributed by atoms with Crippen molar-refractivity contribution >= 4 is 11.1 Å². The Hall–Kier alpha value is -6.07. The second-order valence-corrected chi connectivity index (χ2v) is 12.0. The number of rotatable bonds is 6. The zero-order valence-corrected chi connectivity index (χ0v) is 26.0. The summed E-state index contributed by atoms with van der Waals surface area (Å²) in [4.78, 5) is 24.8. The summed E-state index contributed by atoms with van der Waals surface area (Å²) < 4.78 is 0. The van der Waals surface area contributed by atoms with Gasteiger partial charge in [-0.15, -0.1) is 0 Å². The third-order valence-corrected chi connectivity index (χ3v) is 8.71. The molecule has 5 nitrogen and oxygen atoms in total. The van der Waals surface area contributed by atoms with Crippen LogP contribution >= 0.6 is 0 Å². The topological polar surface area (TPSA) is 64.5 Å². The summed E-state index contributed by atoms with van der Waals surface area (Å²) in [7, 11) is 0. The van der Waals surface area contributed by atoms with Crippen molar-refractivity contribution in [2.75, 3.05) is 0 Å². The van der Waals surface area contributed by atoms with Gasteiger partial charge in [0, 0.05) is 33.2 Å². The maximum absolute atomic E-state index is 5.07. The number of fused-ring (bicyclic) bond motifs is 1. The van der Waals surface area contributed by atoms with E-state index >= 15 is 0 Å². The molecule has 1 atom stereocenters. The van der Waals surface area contributed by atoms with Crippen LogP contribution in [-0.2, 0) is 0 Å². The molecule has 2 aliphatic carbocycles. The van der Waals surface area contributed by atoms with Gasteiger partial charge in [-0.05, 0) is 29.7 Å². The number of hydrogen-bond acceptors (Lipinski definition) is 5. The molecule has 0 radical (unpaired) electrons. The van der Waals surface area contributed by atoms with Gasteiger partial charge in [0.05, 0.1) is 11.4 Å². The summed E-state index contributed by atoms with van der Waals surface area (Å²) in [5, 5.41) is 0. The van der Waals surface area contributed by atoms with Crippen LogP contribution in [0.15, 0.2) is 163 Å². The molecule has 47 heavy (non-hydrogen) atoms. The first-order valence-corrected chi connectivity index (χ1v) is 15.8. The largest absolute Gasteiger partial charge is 0.228 e. The fourth-order valence-electron chi connectivity index (χ4n) is 6.10. The van der Waals surface area contributed by atoms with E-state index in [2.05, 4.69) is 67.6 Å². The van der Waals surface area contributed by atoms with E-state index in [4.69, 9.17) is 24.9 Å². The van der Waals surface area contributed by atoms with Gasteiger partial charge >= 0.3 is 0 Å². The number of benzene rings is 4. The Morgan fingerprint density at radius 2 is 0.936 bits per heavy atom. The van der Waals surface area contributed by atoms with E-state index in [1.54, 1.807) is 0 Å². The highest BCUT2D eigenvalue weighted by Crippen LogP contribution is 2.45. The second-order valence-electron chi connectivity index (χ2n) is 12.0. The zero-order chi connectivity index (χ0) is 31.6. The molecular formula is C42H31N5. The lowest BCUT2D eigenvalue weighted by Gasteiger charge is -2.33. The third-order valence-electron chi connectivity index (χ3n) is 8.71. The molecule has 4 aromatic carbocycles. The van der Waals surface area contributed by atoms with Gasteiger partial charge in [0.1, 0.15) is 0 Å². The molecule has 0 spiro atoms. The smallest absolute Gasteiger partial charge is 0.164 e. The molecule has 0 saturated carbocycles. The molecule has 1 unspecified atom stereocenters. The van der Waals surface area contributed by atoms with Crippen LogP contribution < -0.4 is 0 Å². The van der Waals surface area contributed by atoms with Crippen LogP contribution in [0.3, 0.4) is 0 Å². The Kier molecular flexibility index (Phi) is 7.27. The molecule has 8 rings (SSSR count). The maximum atomic E-state index is 5.07. The fourth-order valence-corrected chi connectivity index (χ4v) is 6.10. The number of allylic oxidation sites excluding steroid dienone is 8. The molecule has 2 aliphatic rings. The standard InChI is InChI=1S/C42H31N5/c1-42-25-24-33(41-46-39(31-18-10-4-11-19-31)45-40(47-41)32-20-12-5-13-21-32)26-35(42)23-22-34(28-42)37-27-36(29-14-6-2-7-15-29)43-38(44-37)30-16-8-3-9-17-30/h2-24,26-28H,25H2,1H3. The van der Waals surface area contributed by atoms with E-state index in [1.165, 1.54) is 5.57 Å². The average Bonchev–Trinajstić information content (AvgIpc) is 3.15. The Balaban J connectivity index is 1.17. The lowest BCUT2D eigenvalue weighted by Crippen LogP contribution is -2.21. The van der Waals surface area contributed by atoms with Crippen molar-refractivity contribution in [3.63, 3.8) is 0 Å². The molecule has 0 fully saturated rings. The van der Waals surface area contributed by atoms with Crippen LogP contribution in [0.1, 0.15) is 24.9 Å². The van der Waals surface area contributed by atoms with E-state index in [1.807, 2.05) is 97.1 Å². The summed E-state index contributed by atoms with van der Waals surface area (Å²) in [5.41, 5.74) is 8.85. The summed E-state index contributed by atoms with van der Waals surface area (Å²) in [6.45, 7) is 2.28. The number of aromatic nitrogens is 5. The van der Waals surface area contributed by atoms with Crippen LogP contribution in [-0.4, -0.2) is 24.9 Å². The van der Waals surface area contributed by atoms with E-state index in [9.17, 15) is 0 Å². The maximum Gasteiger partial charge on any atom is 0.164 e. The predicted octanol–water partition coefficient (Wildman–Crippen LogP) is 9.70. The lowest BCUT2D eigenvalue weighted by atomic mass is 9.71. The van der Waals surface area contributed by atoms with Gasteiger partial charge in [0.25, 0.3) is 0 Å². The van der Waals surface area contributed by atoms with E-state index < -0.39 is 0 Å². The summed E-state index contributed by atoms with van der Waals surface area (Å²) in [6.07, 6.45) is 12.0. The Bertz CT molecular complexity index is 2090. The van der Waals surface area contributed by atoms with Gasteiger partial charge in [0.2, 0.25) is 0 Å². The van der Waals surface area contributed by atoms with Gasteiger partial charge in [0.15, 0.2) is 23.3 Å². The molecule has 0 saturated heterocycles. The van der Waals surface area contributed by atoms with Crippen LogP contribution in [0.2, 0.25) is 0 Å². The highest BCUT2D eigenvalue weighted by molar-refractivity contribution is 5.82. The Morgan fingerprint density at radius 1 is 0.468 bits per heavy atom. The minimum atomic E-state index is -0.212. The molecule has 0 amide bonds. The molecule has 2 heterocycles. The zero-order valence-electron chi connectivity index (χ0n) is 26.0. The molecule has 5 heteroatoms. The van der Waals surface area contributed by atoms with E-state index in [0.717, 1.165) is 51.2 Å². The first-order chi connectivity index (χ1) is 23.1. The van der Waals surface area contributed by atoms with Crippen LogP contribution in [0.25, 0.3) is 56.6 Å². The van der Waals surface area contributed by atoms with Crippen molar-refractivity contribution in [2.45, 2.75) is 13.3 Å². The molecule has 6 aromatic rings. The van der Waals surface area contributed by atoms with Crippen LogP contribution in [0.4, 0.5) is 0 Å². The average molecular weight is 606 g/mol. The van der Waals surface area contributed by atoms with E-state index in [-0.39, 0.29) is 5.41 Å². The summed E-state index contributed by atoms with van der Waals surface area (Å²) in [5.74, 6) is 2.71. The monoisotopic (exact) mass is 605 g/mol. The summed E-state index contributed by atoms with van der Waals surface area (Å²) in [6, 6.07) is 42.8. The molecule has 0 bridgehead atoms. The molecule has 224 valence electrons. The Morgan fingerprint density at radius 3 is 1.49 bits per heavy atom. The second kappa shape index (κ2) is 12.0. The van der Waals surface area contributed by atoms with Gasteiger partial charge < -0.3 is 0 Å². The SMILES string of the molecule is CC12C=C(c3cc(-c4ccccc4)nc(-c4ccccc4)n3)C=CC1=CC(c1nc(-c3ccccc3)nc(-c3ccccc3)n1)=CC2. The van der Waals surface area contributed by atoms with Crippen LogP contribution in [0.5, 0.6) is 0 Å². The molecule has 2 aromatic heterocycles. The quantitative estimate of drug-likeness (QED) is 0.189. The first-order valence-electron chi connectivity index (χ1n) is 15.8. The third kappa shape index (κ3) is 5.75. The van der Waals surface area contributed by atoms with Gasteiger partial charge in [-0.3, -0.25) is 0 Å². The van der Waals surface area contributed by atoms with Crippen molar-refractivity contribution in [3.05, 3.63) is 175 Å². The van der Waals surface area contributed by atoms with Crippen molar-refractivity contribution < 1.29 is 0 Å². The van der Waals surface area contributed by atoms with Crippen molar-refractivity contribution in [1.82, 2.24) is 24.9 Å². The molecule has 0 aliphatic heterocycles. The number of hydrogen-bond donors (Lipinski definition) is 0. The first kappa shape index (κ1) is 28.4. The number of nitrogens with zero attached hydrogens (tertiary/aromatic N) is 5. The Labute approximate surface area is 274 Å². The predicted molar refractivity (Wildman–Crippen MR) is 190 cm³/mol. The van der Waals surface area contributed by atoms with Crippen molar-refractivity contribution in [2.24, 2.45) is 5.41 Å². The lowest BCUT2D eigenvalue weighted by molar-refractivity contribution is 0.529. The summed E-state index contributed by atoms with van der Waals surface area (Å²) >= 11 is 0. The van der Waals surface area contributed by atoms with Crippen molar-refractivity contribution in [1.29, 1.82) is 0 Å². The van der Waals surface area contributed by atoms with Gasteiger partial charge in [-0.1, -0.05) is 153 Å². The van der Waals surface area contributed by atoms with Gasteiger partial charge in [-0.25, -0.2) is 24.9 Å². The highest BCUT2D eigenvalue weighted by atomic mass is 15.0. The fraction of sp³-hybridized carbons (Fsp3) is 0.0714. The normalized spacial score (nSPS) is 16.9.